The lowest BCUT2D eigenvalue weighted by molar-refractivity contribution is -0.161. The normalized spacial score (nSPS) is 21.6. The number of anilines is 1. The Balaban J connectivity index is 1.69. The van der Waals surface area contributed by atoms with E-state index in [1.165, 1.54) is 11.3 Å². The van der Waals surface area contributed by atoms with Crippen LogP contribution < -0.4 is 10.2 Å². The number of likely N-dealkylation sites (tertiary alicyclic amines) is 1. The molecule has 3 rings (SSSR count). The molecular formula is C25H40N4O2. The molecule has 2 saturated heterocycles. The zero-order valence-electron chi connectivity index (χ0n) is 20.0. The number of carbonyl (C=O) groups excluding carboxylic acids is 2. The Labute approximate surface area is 188 Å². The maximum absolute atomic E-state index is 13.3. The van der Waals surface area contributed by atoms with Gasteiger partial charge in [0.2, 0.25) is 11.8 Å². The van der Waals surface area contributed by atoms with E-state index in [9.17, 15) is 9.59 Å². The van der Waals surface area contributed by atoms with Gasteiger partial charge in [-0.1, -0.05) is 39.3 Å². The van der Waals surface area contributed by atoms with E-state index in [-0.39, 0.29) is 17.9 Å². The predicted molar refractivity (Wildman–Crippen MR) is 126 cm³/mol. The van der Waals surface area contributed by atoms with Crippen molar-refractivity contribution in [2.45, 2.75) is 71.0 Å². The van der Waals surface area contributed by atoms with E-state index < -0.39 is 5.54 Å². The van der Waals surface area contributed by atoms with Crippen molar-refractivity contribution in [3.05, 3.63) is 29.8 Å². The highest BCUT2D eigenvalue weighted by molar-refractivity contribution is 6.00. The number of carbonyl (C=O) groups is 2. The van der Waals surface area contributed by atoms with Gasteiger partial charge in [0.15, 0.2) is 0 Å². The first-order chi connectivity index (χ1) is 14.8. The number of unbranched alkanes of at least 4 members (excludes halogenated alkanes) is 1. The van der Waals surface area contributed by atoms with Crippen molar-refractivity contribution in [2.24, 2.45) is 5.92 Å². The van der Waals surface area contributed by atoms with Crippen LogP contribution in [0.15, 0.2) is 24.3 Å². The van der Waals surface area contributed by atoms with Crippen LogP contribution in [0.1, 0.15) is 58.4 Å². The Morgan fingerprint density at radius 3 is 2.32 bits per heavy atom. The predicted octanol–water partition coefficient (Wildman–Crippen LogP) is 3.26. The molecule has 0 saturated carbocycles. The Morgan fingerprint density at radius 2 is 1.77 bits per heavy atom. The standard InChI is InChI=1S/C25H40N4O2/c1-6-7-14-29-23(30)22(17-19(2)3)26-24(31)25(29)12-15-28(16-13-25)18-20-8-10-21(11-9-20)27(4)5/h8-11,19,22H,6-7,12-18H2,1-5H3,(H,26,31)/t22-/m0/s1. The minimum Gasteiger partial charge on any atom is -0.378 e. The zero-order valence-corrected chi connectivity index (χ0v) is 20.0. The fraction of sp³-hybridized carbons (Fsp3) is 0.680. The number of benzene rings is 1. The minimum absolute atomic E-state index is 0.0591. The van der Waals surface area contributed by atoms with Gasteiger partial charge in [0.25, 0.3) is 0 Å². The van der Waals surface area contributed by atoms with Gasteiger partial charge in [0.1, 0.15) is 11.6 Å². The summed E-state index contributed by atoms with van der Waals surface area (Å²) in [6, 6.07) is 8.29. The summed E-state index contributed by atoms with van der Waals surface area (Å²) in [5, 5.41) is 3.09. The van der Waals surface area contributed by atoms with Crippen LogP contribution in [0, 0.1) is 5.92 Å². The second-order valence-electron chi connectivity index (χ2n) is 9.87. The van der Waals surface area contributed by atoms with Gasteiger partial charge in [-0.05, 0) is 49.3 Å². The van der Waals surface area contributed by atoms with Gasteiger partial charge < -0.3 is 15.1 Å². The molecule has 1 N–H and O–H groups in total. The van der Waals surface area contributed by atoms with Gasteiger partial charge >= 0.3 is 0 Å². The highest BCUT2D eigenvalue weighted by Crippen LogP contribution is 2.34. The second kappa shape index (κ2) is 10.0. The lowest BCUT2D eigenvalue weighted by Gasteiger charge is -2.52. The molecule has 0 bridgehead atoms. The third-order valence-electron chi connectivity index (χ3n) is 6.79. The van der Waals surface area contributed by atoms with Crippen molar-refractivity contribution in [3.8, 4) is 0 Å². The number of rotatable bonds is 8. The smallest absolute Gasteiger partial charge is 0.246 e. The van der Waals surface area contributed by atoms with Crippen molar-refractivity contribution in [1.29, 1.82) is 0 Å². The van der Waals surface area contributed by atoms with Crippen LogP contribution in [0.4, 0.5) is 5.69 Å². The van der Waals surface area contributed by atoms with Crippen LogP contribution in [0.3, 0.4) is 0 Å². The first-order valence-corrected chi connectivity index (χ1v) is 11.9. The molecule has 0 aromatic heterocycles. The number of hydrogen-bond acceptors (Lipinski definition) is 4. The van der Waals surface area contributed by atoms with Crippen molar-refractivity contribution < 1.29 is 9.59 Å². The topological polar surface area (TPSA) is 55.9 Å². The Kier molecular flexibility index (Phi) is 7.63. The molecule has 1 atom stereocenters. The highest BCUT2D eigenvalue weighted by Gasteiger charge is 2.53. The molecular weight excluding hydrogens is 388 g/mol. The number of hydrogen-bond donors (Lipinski definition) is 1. The molecule has 0 unspecified atom stereocenters. The first kappa shape index (κ1) is 23.6. The SMILES string of the molecule is CCCCN1C(=O)[C@H](CC(C)C)NC(=O)C12CCN(Cc1ccc(N(C)C)cc1)CC2. The van der Waals surface area contributed by atoms with E-state index in [0.29, 0.717) is 31.7 Å². The highest BCUT2D eigenvalue weighted by atomic mass is 16.2. The van der Waals surface area contributed by atoms with Crippen LogP contribution >= 0.6 is 0 Å². The van der Waals surface area contributed by atoms with Gasteiger partial charge in [-0.25, -0.2) is 0 Å². The van der Waals surface area contributed by atoms with Gasteiger partial charge in [-0.15, -0.1) is 0 Å². The quantitative estimate of drug-likeness (QED) is 0.691. The van der Waals surface area contributed by atoms with E-state index in [1.54, 1.807) is 0 Å². The maximum Gasteiger partial charge on any atom is 0.246 e. The molecule has 0 radical (unpaired) electrons. The molecule has 1 aromatic carbocycles. The van der Waals surface area contributed by atoms with E-state index in [0.717, 1.165) is 32.5 Å². The summed E-state index contributed by atoms with van der Waals surface area (Å²) in [7, 11) is 4.09. The molecule has 1 aromatic rings. The van der Waals surface area contributed by atoms with Crippen molar-refractivity contribution in [1.82, 2.24) is 15.1 Å². The molecule has 2 aliphatic heterocycles. The molecule has 2 fully saturated rings. The van der Waals surface area contributed by atoms with Crippen LogP contribution in [-0.4, -0.2) is 66.9 Å². The van der Waals surface area contributed by atoms with Gasteiger partial charge in [-0.3, -0.25) is 14.5 Å². The van der Waals surface area contributed by atoms with Crippen LogP contribution in [-0.2, 0) is 16.1 Å². The lowest BCUT2D eigenvalue weighted by Crippen LogP contribution is -2.73. The largest absolute Gasteiger partial charge is 0.378 e. The van der Waals surface area contributed by atoms with Crippen molar-refractivity contribution in [3.63, 3.8) is 0 Å². The molecule has 2 heterocycles. The molecule has 0 aliphatic carbocycles. The number of piperidine rings is 1. The molecule has 2 aliphatic rings. The fourth-order valence-corrected chi connectivity index (χ4v) is 4.88. The summed E-state index contributed by atoms with van der Waals surface area (Å²) in [6.45, 7) is 9.55. The number of piperazine rings is 1. The summed E-state index contributed by atoms with van der Waals surface area (Å²) in [5.74, 6) is 0.551. The lowest BCUT2D eigenvalue weighted by atomic mass is 9.80. The number of nitrogens with zero attached hydrogens (tertiary/aromatic N) is 3. The second-order valence-corrected chi connectivity index (χ2v) is 9.87. The Bertz CT molecular complexity index is 751. The molecule has 172 valence electrons. The fourth-order valence-electron chi connectivity index (χ4n) is 4.88. The molecule has 2 amide bonds. The van der Waals surface area contributed by atoms with E-state index in [4.69, 9.17) is 0 Å². The molecule has 31 heavy (non-hydrogen) atoms. The zero-order chi connectivity index (χ0) is 22.6. The average molecular weight is 429 g/mol. The van der Waals surface area contributed by atoms with Crippen LogP contribution in [0.25, 0.3) is 0 Å². The summed E-state index contributed by atoms with van der Waals surface area (Å²) in [6.07, 6.45) is 4.08. The van der Waals surface area contributed by atoms with Crippen molar-refractivity contribution >= 4 is 17.5 Å². The van der Waals surface area contributed by atoms with Gasteiger partial charge in [-0.2, -0.15) is 0 Å². The maximum atomic E-state index is 13.3. The molecule has 1 spiro atoms. The third kappa shape index (κ3) is 5.22. The first-order valence-electron chi connectivity index (χ1n) is 11.9. The summed E-state index contributed by atoms with van der Waals surface area (Å²) < 4.78 is 0. The third-order valence-corrected chi connectivity index (χ3v) is 6.79. The number of nitrogens with one attached hydrogen (secondary N) is 1. The van der Waals surface area contributed by atoms with Crippen LogP contribution in [0.2, 0.25) is 0 Å². The summed E-state index contributed by atoms with van der Waals surface area (Å²) in [5.41, 5.74) is 1.80. The minimum atomic E-state index is -0.676. The summed E-state index contributed by atoms with van der Waals surface area (Å²) in [4.78, 5) is 33.1. The Morgan fingerprint density at radius 1 is 1.13 bits per heavy atom. The molecule has 6 nitrogen and oxygen atoms in total. The summed E-state index contributed by atoms with van der Waals surface area (Å²) >= 11 is 0. The van der Waals surface area contributed by atoms with E-state index in [2.05, 4.69) is 60.2 Å². The monoisotopic (exact) mass is 428 g/mol. The number of amides is 2. The van der Waals surface area contributed by atoms with Crippen LogP contribution in [0.5, 0.6) is 0 Å². The van der Waals surface area contributed by atoms with Crippen molar-refractivity contribution in [2.75, 3.05) is 38.6 Å². The van der Waals surface area contributed by atoms with Gasteiger partial charge in [0, 0.05) is 46.0 Å². The Hall–Kier alpha value is -2.08. The average Bonchev–Trinajstić information content (AvgIpc) is 2.73. The van der Waals surface area contributed by atoms with E-state index in [1.807, 2.05) is 19.0 Å². The van der Waals surface area contributed by atoms with E-state index >= 15 is 0 Å². The van der Waals surface area contributed by atoms with Gasteiger partial charge in [0.05, 0.1) is 0 Å². The molecule has 6 heteroatoms.